The lowest BCUT2D eigenvalue weighted by Crippen LogP contribution is -2.27. The molecule has 1 aliphatic heterocycles. The first-order chi connectivity index (χ1) is 12.5. The number of carbonyl (C=O) groups excluding carboxylic acids is 1. The van der Waals surface area contributed by atoms with Gasteiger partial charge in [-0.2, -0.15) is 0 Å². The number of hydrogen-bond donors (Lipinski definition) is 0. The van der Waals surface area contributed by atoms with Crippen molar-refractivity contribution in [2.24, 2.45) is 0 Å². The van der Waals surface area contributed by atoms with Gasteiger partial charge in [0.05, 0.1) is 17.4 Å². The molecular weight excluding hydrogens is 328 g/mol. The number of aryl methyl sites for hydroxylation is 3. The Hall–Kier alpha value is -2.88. The molecule has 4 rings (SSSR count). The van der Waals surface area contributed by atoms with Crippen LogP contribution >= 0.6 is 0 Å². The number of carbonyl (C=O) groups is 1. The largest absolute Gasteiger partial charge is 0.425 e. The van der Waals surface area contributed by atoms with Crippen molar-refractivity contribution in [2.75, 3.05) is 0 Å². The van der Waals surface area contributed by atoms with Crippen LogP contribution in [0.2, 0.25) is 0 Å². The van der Waals surface area contributed by atoms with Crippen molar-refractivity contribution < 1.29 is 13.9 Å². The molecule has 0 N–H and O–H groups in total. The molecule has 1 atom stereocenters. The first-order valence-electron chi connectivity index (χ1n) is 8.85. The predicted octanol–water partition coefficient (Wildman–Crippen LogP) is 4.41. The highest BCUT2D eigenvalue weighted by molar-refractivity contribution is 5.92. The Labute approximate surface area is 151 Å². The fourth-order valence-electron chi connectivity index (χ4n) is 3.78. The summed E-state index contributed by atoms with van der Waals surface area (Å²) in [6.45, 7) is 5.97. The lowest BCUT2D eigenvalue weighted by Gasteiger charge is -2.25. The van der Waals surface area contributed by atoms with Gasteiger partial charge in [0.1, 0.15) is 5.58 Å². The molecule has 0 bridgehead atoms. The van der Waals surface area contributed by atoms with E-state index in [1.807, 2.05) is 44.2 Å². The fourth-order valence-corrected chi connectivity index (χ4v) is 3.78. The van der Waals surface area contributed by atoms with Crippen LogP contribution in [0.25, 0.3) is 11.0 Å². The van der Waals surface area contributed by atoms with Gasteiger partial charge in [0, 0.05) is 5.92 Å². The first-order valence-corrected chi connectivity index (χ1v) is 8.85. The number of fused-ring (bicyclic) bond motifs is 3. The van der Waals surface area contributed by atoms with Gasteiger partial charge in [0.25, 0.3) is 0 Å². The maximum Gasteiger partial charge on any atom is 0.343 e. The highest BCUT2D eigenvalue weighted by Gasteiger charge is 2.34. The summed E-state index contributed by atoms with van der Waals surface area (Å²) in [4.78, 5) is 25.1. The average Bonchev–Trinajstić information content (AvgIpc) is 2.60. The van der Waals surface area contributed by atoms with Gasteiger partial charge < -0.3 is 9.15 Å². The lowest BCUT2D eigenvalue weighted by atomic mass is 9.85. The molecule has 0 fully saturated rings. The molecule has 2 aromatic carbocycles. The zero-order valence-electron chi connectivity index (χ0n) is 15.1. The van der Waals surface area contributed by atoms with Gasteiger partial charge in [0.15, 0.2) is 5.75 Å². The van der Waals surface area contributed by atoms with Crippen molar-refractivity contribution in [3.8, 4) is 5.75 Å². The van der Waals surface area contributed by atoms with E-state index in [0.29, 0.717) is 22.3 Å². The molecule has 0 spiro atoms. The second-order valence-corrected chi connectivity index (χ2v) is 6.91. The van der Waals surface area contributed by atoms with Crippen LogP contribution in [0.4, 0.5) is 0 Å². The third-order valence-electron chi connectivity index (χ3n) is 5.06. The smallest absolute Gasteiger partial charge is 0.343 e. The maximum absolute atomic E-state index is 12.8. The molecule has 0 saturated heterocycles. The van der Waals surface area contributed by atoms with E-state index in [4.69, 9.17) is 9.15 Å². The zero-order chi connectivity index (χ0) is 18.4. The summed E-state index contributed by atoms with van der Waals surface area (Å²) in [7, 11) is 0. The van der Waals surface area contributed by atoms with Crippen molar-refractivity contribution in [1.82, 2.24) is 0 Å². The van der Waals surface area contributed by atoms with Crippen LogP contribution in [-0.4, -0.2) is 5.97 Å². The van der Waals surface area contributed by atoms with E-state index in [-0.39, 0.29) is 18.3 Å². The van der Waals surface area contributed by atoms with E-state index in [1.54, 1.807) is 6.07 Å². The summed E-state index contributed by atoms with van der Waals surface area (Å²) < 4.78 is 11.2. The van der Waals surface area contributed by atoms with Crippen LogP contribution in [0.1, 0.15) is 47.1 Å². The molecule has 0 radical (unpaired) electrons. The summed E-state index contributed by atoms with van der Waals surface area (Å²) in [5.74, 6) is -0.318. The third-order valence-corrected chi connectivity index (χ3v) is 5.06. The number of benzene rings is 2. The molecule has 0 aliphatic carbocycles. The second-order valence-electron chi connectivity index (χ2n) is 6.91. The summed E-state index contributed by atoms with van der Waals surface area (Å²) in [6, 6.07) is 11.8. The van der Waals surface area contributed by atoms with Gasteiger partial charge >= 0.3 is 11.6 Å². The Bertz CT molecular complexity index is 1070. The Balaban J connectivity index is 1.98. The van der Waals surface area contributed by atoms with E-state index in [9.17, 15) is 9.59 Å². The molecular formula is C22H20O4. The van der Waals surface area contributed by atoms with Gasteiger partial charge in [-0.25, -0.2) is 4.79 Å². The van der Waals surface area contributed by atoms with Crippen LogP contribution in [-0.2, 0) is 11.2 Å². The van der Waals surface area contributed by atoms with E-state index >= 15 is 0 Å². The summed E-state index contributed by atoms with van der Waals surface area (Å²) >= 11 is 0. The van der Waals surface area contributed by atoms with Crippen molar-refractivity contribution in [2.45, 2.75) is 39.5 Å². The van der Waals surface area contributed by atoms with E-state index in [0.717, 1.165) is 23.1 Å². The minimum atomic E-state index is -0.436. The normalized spacial score (nSPS) is 16.4. The van der Waals surface area contributed by atoms with E-state index < -0.39 is 5.63 Å². The molecule has 132 valence electrons. The summed E-state index contributed by atoms with van der Waals surface area (Å²) in [5.41, 5.74) is 4.52. The minimum Gasteiger partial charge on any atom is -0.425 e. The third kappa shape index (κ3) is 2.62. The van der Waals surface area contributed by atoms with Gasteiger partial charge in [-0.3, -0.25) is 4.79 Å². The highest BCUT2D eigenvalue weighted by Crippen LogP contribution is 2.42. The van der Waals surface area contributed by atoms with Gasteiger partial charge in [-0.05, 0) is 48.6 Å². The highest BCUT2D eigenvalue weighted by atomic mass is 16.5. The molecule has 4 nitrogen and oxygen atoms in total. The quantitative estimate of drug-likeness (QED) is 0.508. The molecule has 0 amide bonds. The standard InChI is InChI=1S/C22H20O4/c1-4-14-5-7-15(8-6-14)16-11-18(23)26-21-19-13(3)9-12(2)10-17(19)25-22(24)20(16)21/h5-10,16H,4,11H2,1-3H3/t16-/m1/s1. The summed E-state index contributed by atoms with van der Waals surface area (Å²) in [6.07, 6.45) is 1.08. The van der Waals surface area contributed by atoms with Gasteiger partial charge in [-0.1, -0.05) is 37.3 Å². The Kier molecular flexibility index (Phi) is 3.91. The Morgan fingerprint density at radius 1 is 1.08 bits per heavy atom. The lowest BCUT2D eigenvalue weighted by molar-refractivity contribution is -0.135. The van der Waals surface area contributed by atoms with Crippen LogP contribution in [0.3, 0.4) is 0 Å². The summed E-state index contributed by atoms with van der Waals surface area (Å²) in [5, 5.41) is 0.702. The van der Waals surface area contributed by atoms with Crippen molar-refractivity contribution >= 4 is 16.9 Å². The van der Waals surface area contributed by atoms with E-state index in [1.165, 1.54) is 5.56 Å². The number of ether oxygens (including phenoxy) is 1. The number of hydrogen-bond acceptors (Lipinski definition) is 4. The first kappa shape index (κ1) is 16.6. The molecule has 1 aromatic heterocycles. The minimum absolute atomic E-state index is 0.139. The number of esters is 1. The molecule has 0 saturated carbocycles. The van der Waals surface area contributed by atoms with E-state index in [2.05, 4.69) is 6.92 Å². The molecule has 26 heavy (non-hydrogen) atoms. The van der Waals surface area contributed by atoms with Crippen molar-refractivity contribution in [3.63, 3.8) is 0 Å². The van der Waals surface area contributed by atoms with Crippen LogP contribution in [0, 0.1) is 13.8 Å². The number of rotatable bonds is 2. The van der Waals surface area contributed by atoms with Gasteiger partial charge in [-0.15, -0.1) is 0 Å². The Morgan fingerprint density at radius 3 is 2.50 bits per heavy atom. The molecule has 4 heteroatoms. The van der Waals surface area contributed by atoms with Crippen molar-refractivity contribution in [3.05, 3.63) is 74.6 Å². The Morgan fingerprint density at radius 2 is 1.81 bits per heavy atom. The maximum atomic E-state index is 12.8. The second kappa shape index (κ2) is 6.13. The molecule has 3 aromatic rings. The van der Waals surface area contributed by atoms with Crippen LogP contribution < -0.4 is 10.4 Å². The monoisotopic (exact) mass is 348 g/mol. The average molecular weight is 348 g/mol. The zero-order valence-corrected chi connectivity index (χ0v) is 15.1. The molecule has 0 unspecified atom stereocenters. The fraction of sp³-hybridized carbons (Fsp3) is 0.273. The predicted molar refractivity (Wildman–Crippen MR) is 99.9 cm³/mol. The topological polar surface area (TPSA) is 56.5 Å². The van der Waals surface area contributed by atoms with Gasteiger partial charge in [0.2, 0.25) is 0 Å². The molecule has 1 aliphatic rings. The van der Waals surface area contributed by atoms with Crippen LogP contribution in [0.15, 0.2) is 45.6 Å². The SMILES string of the molecule is CCc1ccc([C@H]2CC(=O)Oc3c2c(=O)oc2cc(C)cc(C)c32)cc1. The van der Waals surface area contributed by atoms with Crippen molar-refractivity contribution in [1.29, 1.82) is 0 Å². The van der Waals surface area contributed by atoms with Crippen LogP contribution in [0.5, 0.6) is 5.75 Å². The molecule has 2 heterocycles.